The first-order valence-electron chi connectivity index (χ1n) is 6.53. The average Bonchev–Trinajstić information content (AvgIpc) is 2.78. The Balaban J connectivity index is 2.23. The summed E-state index contributed by atoms with van der Waals surface area (Å²) in [6.07, 6.45) is -3.59. The minimum atomic E-state index is -4.68. The molecular weight excluding hydrogens is 352 g/mol. The number of amides is 1. The van der Waals surface area contributed by atoms with Gasteiger partial charge in [0.25, 0.3) is 0 Å². The summed E-state index contributed by atoms with van der Waals surface area (Å²) in [5.41, 5.74) is 1.38. The van der Waals surface area contributed by atoms with Crippen molar-refractivity contribution in [2.75, 3.05) is 5.32 Å². The van der Waals surface area contributed by atoms with Crippen LogP contribution in [0.1, 0.15) is 16.8 Å². The lowest BCUT2D eigenvalue weighted by atomic mass is 9.98. The number of hydrogen-bond acceptors (Lipinski definition) is 2. The van der Waals surface area contributed by atoms with Crippen molar-refractivity contribution in [2.24, 2.45) is 0 Å². The van der Waals surface area contributed by atoms with Crippen molar-refractivity contribution in [3.63, 3.8) is 0 Å². The second kappa shape index (κ2) is 5.39. The number of hydrogen-bond donors (Lipinski definition) is 1. The lowest BCUT2D eigenvalue weighted by Crippen LogP contribution is -2.09. The molecule has 0 radical (unpaired) electrons. The maximum Gasteiger partial charge on any atom is 0.434 e. The highest BCUT2D eigenvalue weighted by Crippen LogP contribution is 2.43. The number of carbonyl (C=O) groups excluding carboxylic acids is 1. The van der Waals surface area contributed by atoms with Crippen LogP contribution >= 0.6 is 23.2 Å². The van der Waals surface area contributed by atoms with Gasteiger partial charge in [-0.1, -0.05) is 23.2 Å². The van der Waals surface area contributed by atoms with Crippen molar-refractivity contribution in [3.8, 4) is 11.1 Å². The normalized spacial score (nSPS) is 13.9. The van der Waals surface area contributed by atoms with Gasteiger partial charge in [0.2, 0.25) is 5.91 Å². The maximum absolute atomic E-state index is 13.0. The summed E-state index contributed by atoms with van der Waals surface area (Å²) < 4.78 is 38.9. The largest absolute Gasteiger partial charge is 0.434 e. The van der Waals surface area contributed by atoms with Crippen LogP contribution in [0.4, 0.5) is 18.9 Å². The number of benzene rings is 1. The molecule has 0 bridgehead atoms. The molecule has 8 heteroatoms. The minimum absolute atomic E-state index is 0.0135. The summed E-state index contributed by atoms with van der Waals surface area (Å²) in [4.78, 5) is 14.8. The number of anilines is 1. The van der Waals surface area contributed by atoms with Gasteiger partial charge in [-0.15, -0.1) is 0 Å². The van der Waals surface area contributed by atoms with E-state index >= 15 is 0 Å². The molecule has 0 fully saturated rings. The third kappa shape index (κ3) is 2.77. The number of nitrogens with one attached hydrogen (secondary N) is 1. The smallest absolute Gasteiger partial charge is 0.325 e. The van der Waals surface area contributed by atoms with Gasteiger partial charge in [0, 0.05) is 17.4 Å². The molecule has 0 atom stereocenters. The highest BCUT2D eigenvalue weighted by Gasteiger charge is 2.37. The zero-order chi connectivity index (χ0) is 16.9. The lowest BCUT2D eigenvalue weighted by Gasteiger charge is -2.15. The first-order valence-corrected chi connectivity index (χ1v) is 7.29. The molecular formula is C15H9Cl2F3N2O. The standard InChI is InChI=1S/C15H9Cl2F3N2O/c1-6-2-7(3-8-4-10(23)22-13(6)8)11-9(16)5-21-14(12(11)17)15(18,19)20/h2-3,5H,4H2,1H3,(H,22,23). The fourth-order valence-electron chi connectivity index (χ4n) is 2.61. The second-order valence-corrected chi connectivity index (χ2v) is 5.98. The van der Waals surface area contributed by atoms with Gasteiger partial charge < -0.3 is 5.32 Å². The number of fused-ring (bicyclic) bond motifs is 1. The monoisotopic (exact) mass is 360 g/mol. The van der Waals surface area contributed by atoms with Crippen LogP contribution in [0.15, 0.2) is 18.3 Å². The molecule has 1 N–H and O–H groups in total. The molecule has 2 heterocycles. The molecule has 120 valence electrons. The lowest BCUT2D eigenvalue weighted by molar-refractivity contribution is -0.141. The highest BCUT2D eigenvalue weighted by molar-refractivity contribution is 6.39. The maximum atomic E-state index is 13.0. The second-order valence-electron chi connectivity index (χ2n) is 5.19. The molecule has 23 heavy (non-hydrogen) atoms. The fraction of sp³-hybridized carbons (Fsp3) is 0.200. The van der Waals surface area contributed by atoms with Crippen LogP contribution < -0.4 is 5.32 Å². The van der Waals surface area contributed by atoms with Crippen LogP contribution in [0.25, 0.3) is 11.1 Å². The van der Waals surface area contributed by atoms with Crippen LogP contribution in [0, 0.1) is 6.92 Å². The number of nitrogens with zero attached hydrogens (tertiary/aromatic N) is 1. The first-order chi connectivity index (χ1) is 10.7. The molecule has 2 aromatic rings. The average molecular weight is 361 g/mol. The van der Waals surface area contributed by atoms with E-state index in [0.717, 1.165) is 11.8 Å². The summed E-state index contributed by atoms with van der Waals surface area (Å²) >= 11 is 11.9. The molecule has 0 unspecified atom stereocenters. The quantitative estimate of drug-likeness (QED) is 0.787. The van der Waals surface area contributed by atoms with E-state index < -0.39 is 16.9 Å². The van der Waals surface area contributed by atoms with Gasteiger partial charge in [-0.05, 0) is 35.7 Å². The molecule has 0 spiro atoms. The van der Waals surface area contributed by atoms with Crippen LogP contribution in [0.3, 0.4) is 0 Å². The van der Waals surface area contributed by atoms with Crippen LogP contribution in [-0.2, 0) is 17.4 Å². The number of aryl methyl sites for hydroxylation is 1. The van der Waals surface area contributed by atoms with Gasteiger partial charge >= 0.3 is 6.18 Å². The summed E-state index contributed by atoms with van der Waals surface area (Å²) in [6.45, 7) is 1.75. The Morgan fingerprint density at radius 3 is 2.61 bits per heavy atom. The first kappa shape index (κ1) is 16.1. The van der Waals surface area contributed by atoms with Crippen molar-refractivity contribution in [1.29, 1.82) is 0 Å². The Bertz CT molecular complexity index is 834. The fourth-order valence-corrected chi connectivity index (χ4v) is 3.27. The predicted molar refractivity (Wildman–Crippen MR) is 81.8 cm³/mol. The molecule has 1 aromatic carbocycles. The molecule has 1 aromatic heterocycles. The van der Waals surface area contributed by atoms with Gasteiger partial charge in [-0.25, -0.2) is 4.98 Å². The van der Waals surface area contributed by atoms with Crippen LogP contribution in [-0.4, -0.2) is 10.9 Å². The topological polar surface area (TPSA) is 42.0 Å². The number of aromatic nitrogens is 1. The summed E-state index contributed by atoms with van der Waals surface area (Å²) in [6, 6.07) is 3.26. The predicted octanol–water partition coefficient (Wildman–Crippen LogP) is 4.88. The van der Waals surface area contributed by atoms with Gasteiger partial charge in [-0.2, -0.15) is 13.2 Å². The molecule has 3 nitrogen and oxygen atoms in total. The molecule has 1 aliphatic heterocycles. The molecule has 1 aliphatic rings. The van der Waals surface area contributed by atoms with Crippen LogP contribution in [0.2, 0.25) is 10.0 Å². The Labute approximate surface area is 139 Å². The van der Waals surface area contributed by atoms with E-state index in [1.807, 2.05) is 0 Å². The third-order valence-electron chi connectivity index (χ3n) is 3.56. The van der Waals surface area contributed by atoms with Gasteiger partial charge in [0.1, 0.15) is 0 Å². The molecule has 0 saturated heterocycles. The molecule has 3 rings (SSSR count). The molecule has 1 amide bonds. The summed E-state index contributed by atoms with van der Waals surface area (Å²) in [7, 11) is 0. The van der Waals surface area contributed by atoms with Gasteiger partial charge in [0.15, 0.2) is 5.69 Å². The van der Waals surface area contributed by atoms with E-state index in [4.69, 9.17) is 23.2 Å². The SMILES string of the molecule is Cc1cc(-c2c(Cl)cnc(C(F)(F)F)c2Cl)cc2c1NC(=O)C2. The van der Waals surface area contributed by atoms with E-state index in [0.29, 0.717) is 16.8 Å². The zero-order valence-electron chi connectivity index (χ0n) is 11.7. The zero-order valence-corrected chi connectivity index (χ0v) is 13.2. The van der Waals surface area contributed by atoms with E-state index in [9.17, 15) is 18.0 Å². The van der Waals surface area contributed by atoms with E-state index in [-0.39, 0.29) is 22.9 Å². The Morgan fingerprint density at radius 2 is 1.96 bits per heavy atom. The Kier molecular flexibility index (Phi) is 3.77. The summed E-state index contributed by atoms with van der Waals surface area (Å²) in [5, 5.41) is 2.17. The van der Waals surface area contributed by atoms with Gasteiger partial charge in [0.05, 0.1) is 16.5 Å². The van der Waals surface area contributed by atoms with Crippen molar-refractivity contribution >= 4 is 34.8 Å². The van der Waals surface area contributed by atoms with Crippen molar-refractivity contribution in [3.05, 3.63) is 45.2 Å². The Hall–Kier alpha value is -1.79. The van der Waals surface area contributed by atoms with E-state index in [1.165, 1.54) is 0 Å². The Morgan fingerprint density at radius 1 is 1.26 bits per heavy atom. The molecule has 0 saturated carbocycles. The highest BCUT2D eigenvalue weighted by atomic mass is 35.5. The van der Waals surface area contributed by atoms with Crippen molar-refractivity contribution in [1.82, 2.24) is 4.98 Å². The van der Waals surface area contributed by atoms with Crippen molar-refractivity contribution < 1.29 is 18.0 Å². The van der Waals surface area contributed by atoms with Gasteiger partial charge in [-0.3, -0.25) is 4.79 Å². The number of pyridine rings is 1. The van der Waals surface area contributed by atoms with E-state index in [2.05, 4.69) is 10.3 Å². The number of carbonyl (C=O) groups is 1. The van der Waals surface area contributed by atoms with E-state index in [1.54, 1.807) is 19.1 Å². The molecule has 0 aliphatic carbocycles. The number of alkyl halides is 3. The third-order valence-corrected chi connectivity index (χ3v) is 4.22. The van der Waals surface area contributed by atoms with Crippen LogP contribution in [0.5, 0.6) is 0 Å². The summed E-state index contributed by atoms with van der Waals surface area (Å²) in [5.74, 6) is -0.164. The van der Waals surface area contributed by atoms with Crippen molar-refractivity contribution in [2.45, 2.75) is 19.5 Å². The minimum Gasteiger partial charge on any atom is -0.325 e. The number of halogens is 5. The number of rotatable bonds is 1.